The minimum Gasteiger partial charge on any atom is -0.488 e. The van der Waals surface area contributed by atoms with Gasteiger partial charge in [-0.25, -0.2) is 8.78 Å². The molecule has 0 saturated carbocycles. The Morgan fingerprint density at radius 2 is 2.10 bits per heavy atom. The van der Waals surface area contributed by atoms with E-state index >= 15 is 0 Å². The molecule has 1 heterocycles. The summed E-state index contributed by atoms with van der Waals surface area (Å²) in [6.07, 6.45) is 0.491. The summed E-state index contributed by atoms with van der Waals surface area (Å²) in [5, 5.41) is 3.03. The van der Waals surface area contributed by atoms with Gasteiger partial charge in [0, 0.05) is 16.5 Å². The number of anilines is 1. The summed E-state index contributed by atoms with van der Waals surface area (Å²) in [7, 11) is 0. The van der Waals surface area contributed by atoms with Gasteiger partial charge in [-0.15, -0.1) is 0 Å². The third-order valence-corrected chi connectivity index (χ3v) is 3.89. The fraction of sp³-hybridized carbons (Fsp3) is 0.200. The van der Waals surface area contributed by atoms with E-state index in [0.717, 1.165) is 5.56 Å². The fourth-order valence-corrected chi connectivity index (χ4v) is 2.77. The Balaban J connectivity index is 1.67. The van der Waals surface area contributed by atoms with E-state index in [4.69, 9.17) is 4.74 Å². The maximum absolute atomic E-state index is 13.7. The standard InChI is InChI=1S/C15H12BrF2NO/c16-12-2-1-3-13(18)15(12)19-8-11-7-9-6-10(17)4-5-14(9)20-11/h1-6,11,19H,7-8H2. The zero-order valence-corrected chi connectivity index (χ0v) is 12.1. The van der Waals surface area contributed by atoms with E-state index in [0.29, 0.717) is 28.9 Å². The molecule has 0 amide bonds. The molecule has 0 aromatic heterocycles. The average Bonchev–Trinajstić information content (AvgIpc) is 2.80. The van der Waals surface area contributed by atoms with Gasteiger partial charge in [0.1, 0.15) is 23.5 Å². The SMILES string of the molecule is Fc1ccc2c(c1)CC(CNc1c(F)cccc1Br)O2. The van der Waals surface area contributed by atoms with Crippen LogP contribution in [0.4, 0.5) is 14.5 Å². The van der Waals surface area contributed by atoms with Crippen molar-refractivity contribution in [2.24, 2.45) is 0 Å². The molecule has 0 fully saturated rings. The van der Waals surface area contributed by atoms with Crippen LogP contribution in [0.5, 0.6) is 5.75 Å². The minimum absolute atomic E-state index is 0.127. The van der Waals surface area contributed by atoms with Crippen molar-refractivity contribution in [1.29, 1.82) is 0 Å². The Labute approximate surface area is 123 Å². The van der Waals surface area contributed by atoms with Gasteiger partial charge in [0.05, 0.1) is 12.2 Å². The number of ether oxygens (including phenoxy) is 1. The quantitative estimate of drug-likeness (QED) is 0.907. The molecule has 2 nitrogen and oxygen atoms in total. The molecule has 5 heteroatoms. The summed E-state index contributed by atoms with van der Waals surface area (Å²) in [6, 6.07) is 9.28. The Kier molecular flexibility index (Phi) is 3.61. The molecule has 104 valence electrons. The van der Waals surface area contributed by atoms with Gasteiger partial charge in [-0.1, -0.05) is 6.07 Å². The first-order chi connectivity index (χ1) is 9.63. The van der Waals surface area contributed by atoms with Crippen molar-refractivity contribution in [2.75, 3.05) is 11.9 Å². The first-order valence-corrected chi connectivity index (χ1v) is 7.06. The molecule has 1 atom stereocenters. The predicted octanol–water partition coefficient (Wildman–Crippen LogP) is 4.14. The zero-order chi connectivity index (χ0) is 14.1. The number of para-hydroxylation sites is 1. The number of halogens is 3. The van der Waals surface area contributed by atoms with Gasteiger partial charge in [0.15, 0.2) is 0 Å². The zero-order valence-electron chi connectivity index (χ0n) is 10.5. The van der Waals surface area contributed by atoms with Gasteiger partial charge in [-0.3, -0.25) is 0 Å². The Morgan fingerprint density at radius 1 is 1.25 bits per heavy atom. The fourth-order valence-electron chi connectivity index (χ4n) is 2.29. The largest absolute Gasteiger partial charge is 0.488 e. The molecule has 1 N–H and O–H groups in total. The number of benzene rings is 2. The Bertz CT molecular complexity index is 628. The first-order valence-electron chi connectivity index (χ1n) is 6.26. The second-order valence-corrected chi connectivity index (χ2v) is 5.53. The topological polar surface area (TPSA) is 21.3 Å². The van der Waals surface area contributed by atoms with E-state index < -0.39 is 0 Å². The van der Waals surface area contributed by atoms with Gasteiger partial charge in [-0.2, -0.15) is 0 Å². The van der Waals surface area contributed by atoms with Crippen molar-refractivity contribution >= 4 is 21.6 Å². The molecule has 0 spiro atoms. The summed E-state index contributed by atoms with van der Waals surface area (Å²) in [4.78, 5) is 0. The molecule has 20 heavy (non-hydrogen) atoms. The van der Waals surface area contributed by atoms with Gasteiger partial charge in [0.2, 0.25) is 0 Å². The molecule has 3 rings (SSSR count). The number of nitrogens with one attached hydrogen (secondary N) is 1. The van der Waals surface area contributed by atoms with E-state index in [1.807, 2.05) is 0 Å². The minimum atomic E-state index is -0.319. The summed E-state index contributed by atoms with van der Waals surface area (Å²) >= 11 is 3.30. The molecule has 0 aliphatic carbocycles. The van der Waals surface area contributed by atoms with Crippen LogP contribution < -0.4 is 10.1 Å². The lowest BCUT2D eigenvalue weighted by atomic mass is 10.1. The van der Waals surface area contributed by atoms with E-state index in [2.05, 4.69) is 21.2 Å². The van der Waals surface area contributed by atoms with Crippen LogP contribution in [-0.2, 0) is 6.42 Å². The smallest absolute Gasteiger partial charge is 0.147 e. The van der Waals surface area contributed by atoms with E-state index in [-0.39, 0.29) is 17.7 Å². The predicted molar refractivity (Wildman–Crippen MR) is 77.1 cm³/mol. The van der Waals surface area contributed by atoms with Crippen molar-refractivity contribution in [3.8, 4) is 5.75 Å². The van der Waals surface area contributed by atoms with Crippen LogP contribution >= 0.6 is 15.9 Å². The highest BCUT2D eigenvalue weighted by molar-refractivity contribution is 9.10. The van der Waals surface area contributed by atoms with Crippen LogP contribution in [0.15, 0.2) is 40.9 Å². The third kappa shape index (κ3) is 2.63. The van der Waals surface area contributed by atoms with Crippen LogP contribution in [0, 0.1) is 11.6 Å². The van der Waals surface area contributed by atoms with Crippen molar-refractivity contribution in [3.63, 3.8) is 0 Å². The summed E-state index contributed by atoms with van der Waals surface area (Å²) in [6.45, 7) is 0.454. The van der Waals surface area contributed by atoms with Crippen molar-refractivity contribution < 1.29 is 13.5 Å². The van der Waals surface area contributed by atoms with Crippen LogP contribution in [-0.4, -0.2) is 12.6 Å². The third-order valence-electron chi connectivity index (χ3n) is 3.23. The van der Waals surface area contributed by atoms with Crippen molar-refractivity contribution in [1.82, 2.24) is 0 Å². The lowest BCUT2D eigenvalue weighted by Gasteiger charge is -2.14. The van der Waals surface area contributed by atoms with Crippen LogP contribution in [0.1, 0.15) is 5.56 Å². The van der Waals surface area contributed by atoms with Crippen molar-refractivity contribution in [2.45, 2.75) is 12.5 Å². The molecule has 2 aromatic rings. The van der Waals surface area contributed by atoms with E-state index in [9.17, 15) is 8.78 Å². The van der Waals surface area contributed by atoms with E-state index in [1.54, 1.807) is 18.2 Å². The molecule has 1 aliphatic heterocycles. The number of hydrogen-bond acceptors (Lipinski definition) is 2. The molecule has 2 aromatic carbocycles. The normalized spacial score (nSPS) is 16.6. The lowest BCUT2D eigenvalue weighted by Crippen LogP contribution is -2.24. The highest BCUT2D eigenvalue weighted by Gasteiger charge is 2.23. The highest BCUT2D eigenvalue weighted by Crippen LogP contribution is 2.30. The molecular weight excluding hydrogens is 328 g/mol. The summed E-state index contributed by atoms with van der Waals surface area (Å²) in [5.41, 5.74) is 1.27. The number of fused-ring (bicyclic) bond motifs is 1. The van der Waals surface area contributed by atoms with Gasteiger partial charge < -0.3 is 10.1 Å². The van der Waals surface area contributed by atoms with Gasteiger partial charge in [-0.05, 0) is 46.3 Å². The molecular formula is C15H12BrF2NO. The Hall–Kier alpha value is -1.62. The number of rotatable bonds is 3. The maximum Gasteiger partial charge on any atom is 0.147 e. The van der Waals surface area contributed by atoms with Crippen LogP contribution in [0.3, 0.4) is 0 Å². The summed E-state index contributed by atoms with van der Waals surface area (Å²) < 4.78 is 33.1. The maximum atomic E-state index is 13.7. The lowest BCUT2D eigenvalue weighted by molar-refractivity contribution is 0.246. The number of hydrogen-bond donors (Lipinski definition) is 1. The van der Waals surface area contributed by atoms with Crippen molar-refractivity contribution in [3.05, 3.63) is 58.1 Å². The van der Waals surface area contributed by atoms with E-state index in [1.165, 1.54) is 18.2 Å². The summed E-state index contributed by atoms with van der Waals surface area (Å²) in [5.74, 6) is 0.115. The molecule has 0 bridgehead atoms. The van der Waals surface area contributed by atoms with Crippen LogP contribution in [0.2, 0.25) is 0 Å². The van der Waals surface area contributed by atoms with Gasteiger partial charge in [0.25, 0.3) is 0 Å². The average molecular weight is 340 g/mol. The molecule has 0 radical (unpaired) electrons. The van der Waals surface area contributed by atoms with Gasteiger partial charge >= 0.3 is 0 Å². The first kappa shape index (κ1) is 13.4. The molecule has 1 unspecified atom stereocenters. The highest BCUT2D eigenvalue weighted by atomic mass is 79.9. The second kappa shape index (κ2) is 5.40. The van der Waals surface area contributed by atoms with Crippen LogP contribution in [0.25, 0.3) is 0 Å². The Morgan fingerprint density at radius 3 is 2.90 bits per heavy atom. The monoisotopic (exact) mass is 339 g/mol. The molecule has 1 aliphatic rings. The molecule has 0 saturated heterocycles. The second-order valence-electron chi connectivity index (χ2n) is 4.67.